The highest BCUT2D eigenvalue weighted by molar-refractivity contribution is 5.90. The normalized spacial score (nSPS) is 17.5. The molecule has 2 rings (SSSR count). The molecule has 1 heterocycles. The number of carbonyl (C=O) groups is 2. The van der Waals surface area contributed by atoms with Gasteiger partial charge < -0.3 is 15.7 Å². The number of carbonyl (C=O) groups excluding carboxylic acids is 1. The van der Waals surface area contributed by atoms with Gasteiger partial charge in [0.2, 0.25) is 0 Å². The number of carboxylic acids is 1. The van der Waals surface area contributed by atoms with Crippen LogP contribution in [0, 0.1) is 5.92 Å². The molecule has 0 saturated heterocycles. The summed E-state index contributed by atoms with van der Waals surface area (Å²) in [6, 6.07) is 2.56. The Morgan fingerprint density at radius 2 is 2.20 bits per heavy atom. The molecule has 106 valence electrons. The molecule has 1 aromatic heterocycles. The van der Waals surface area contributed by atoms with Crippen molar-refractivity contribution in [1.82, 2.24) is 10.3 Å². The fraction of sp³-hybridized carbons (Fsp3) is 0.357. The third-order valence-electron chi connectivity index (χ3n) is 3.17. The molecule has 6 heteroatoms. The summed E-state index contributed by atoms with van der Waals surface area (Å²) in [4.78, 5) is 26.1. The lowest BCUT2D eigenvalue weighted by Gasteiger charge is -2.18. The SMILES string of the molecule is O=C(NCC1CC=CCC1)Nc1ccc(C(=O)O)nc1. The zero-order valence-electron chi connectivity index (χ0n) is 11.0. The molecule has 0 aliphatic heterocycles. The van der Waals surface area contributed by atoms with Crippen molar-refractivity contribution >= 4 is 17.7 Å². The molecule has 1 aromatic rings. The minimum Gasteiger partial charge on any atom is -0.477 e. The van der Waals surface area contributed by atoms with E-state index in [9.17, 15) is 9.59 Å². The van der Waals surface area contributed by atoms with Crippen molar-refractivity contribution < 1.29 is 14.7 Å². The second-order valence-electron chi connectivity index (χ2n) is 4.72. The summed E-state index contributed by atoms with van der Waals surface area (Å²) in [6.45, 7) is 0.636. The molecule has 1 aliphatic carbocycles. The predicted molar refractivity (Wildman–Crippen MR) is 74.7 cm³/mol. The third-order valence-corrected chi connectivity index (χ3v) is 3.17. The number of nitrogens with zero attached hydrogens (tertiary/aromatic N) is 1. The highest BCUT2D eigenvalue weighted by Gasteiger charge is 2.11. The van der Waals surface area contributed by atoms with Gasteiger partial charge in [-0.3, -0.25) is 0 Å². The van der Waals surface area contributed by atoms with Gasteiger partial charge >= 0.3 is 12.0 Å². The molecule has 0 bridgehead atoms. The number of carboxylic acid groups (broad SMARTS) is 1. The van der Waals surface area contributed by atoms with E-state index in [1.54, 1.807) is 0 Å². The van der Waals surface area contributed by atoms with Gasteiger partial charge in [0.1, 0.15) is 5.69 Å². The summed E-state index contributed by atoms with van der Waals surface area (Å²) in [5.41, 5.74) is 0.418. The number of hydrogen-bond donors (Lipinski definition) is 3. The van der Waals surface area contributed by atoms with Crippen LogP contribution in [0.5, 0.6) is 0 Å². The van der Waals surface area contributed by atoms with Gasteiger partial charge in [-0.1, -0.05) is 12.2 Å². The quantitative estimate of drug-likeness (QED) is 0.735. The van der Waals surface area contributed by atoms with Crippen LogP contribution < -0.4 is 10.6 Å². The first-order chi connectivity index (χ1) is 9.65. The first-order valence-corrected chi connectivity index (χ1v) is 6.54. The minimum atomic E-state index is -1.09. The van der Waals surface area contributed by atoms with E-state index < -0.39 is 5.97 Å². The van der Waals surface area contributed by atoms with E-state index in [1.807, 2.05) is 0 Å². The monoisotopic (exact) mass is 275 g/mol. The van der Waals surface area contributed by atoms with Crippen LogP contribution in [-0.2, 0) is 0 Å². The number of aromatic carboxylic acids is 1. The van der Waals surface area contributed by atoms with E-state index in [4.69, 9.17) is 5.11 Å². The van der Waals surface area contributed by atoms with Crippen LogP contribution in [0.2, 0.25) is 0 Å². The zero-order chi connectivity index (χ0) is 14.4. The van der Waals surface area contributed by atoms with E-state index >= 15 is 0 Å². The van der Waals surface area contributed by atoms with Gasteiger partial charge in [0.25, 0.3) is 0 Å². The number of allylic oxidation sites excluding steroid dienone is 2. The van der Waals surface area contributed by atoms with Crippen LogP contribution in [-0.4, -0.2) is 28.6 Å². The molecule has 0 spiro atoms. The molecule has 0 fully saturated rings. The van der Waals surface area contributed by atoms with Gasteiger partial charge in [0, 0.05) is 6.54 Å². The van der Waals surface area contributed by atoms with Crippen LogP contribution in [0.4, 0.5) is 10.5 Å². The second-order valence-corrected chi connectivity index (χ2v) is 4.72. The van der Waals surface area contributed by atoms with Gasteiger partial charge in [-0.25, -0.2) is 14.6 Å². The predicted octanol–water partition coefficient (Wildman–Crippen LogP) is 2.26. The zero-order valence-corrected chi connectivity index (χ0v) is 11.0. The molecular formula is C14H17N3O3. The largest absolute Gasteiger partial charge is 0.477 e. The summed E-state index contributed by atoms with van der Waals surface area (Å²) < 4.78 is 0. The Morgan fingerprint density at radius 3 is 2.80 bits per heavy atom. The number of nitrogens with one attached hydrogen (secondary N) is 2. The van der Waals surface area contributed by atoms with Crippen molar-refractivity contribution in [3.63, 3.8) is 0 Å². The van der Waals surface area contributed by atoms with Gasteiger partial charge in [0.05, 0.1) is 11.9 Å². The molecule has 2 amide bonds. The first-order valence-electron chi connectivity index (χ1n) is 6.54. The van der Waals surface area contributed by atoms with Crippen molar-refractivity contribution in [2.45, 2.75) is 19.3 Å². The van der Waals surface area contributed by atoms with Crippen LogP contribution in [0.25, 0.3) is 0 Å². The molecule has 1 unspecified atom stereocenters. The van der Waals surface area contributed by atoms with Crippen LogP contribution in [0.1, 0.15) is 29.8 Å². The third kappa shape index (κ3) is 4.08. The Bertz CT molecular complexity index is 511. The maximum absolute atomic E-state index is 11.7. The molecular weight excluding hydrogens is 258 g/mol. The van der Waals surface area contributed by atoms with Crippen LogP contribution in [0.15, 0.2) is 30.5 Å². The molecule has 0 saturated carbocycles. The Hall–Kier alpha value is -2.37. The summed E-state index contributed by atoms with van der Waals surface area (Å²) in [5.74, 6) is -0.607. The molecule has 1 aliphatic rings. The molecule has 0 radical (unpaired) electrons. The van der Waals surface area contributed by atoms with Crippen molar-refractivity contribution in [3.05, 3.63) is 36.2 Å². The number of rotatable bonds is 4. The summed E-state index contributed by atoms with van der Waals surface area (Å²) >= 11 is 0. The summed E-state index contributed by atoms with van der Waals surface area (Å²) in [7, 11) is 0. The summed E-state index contributed by atoms with van der Waals surface area (Å²) in [5, 5.41) is 14.2. The fourth-order valence-corrected chi connectivity index (χ4v) is 2.05. The lowest BCUT2D eigenvalue weighted by atomic mass is 9.94. The molecule has 6 nitrogen and oxygen atoms in total. The first kappa shape index (κ1) is 14.0. The van der Waals surface area contributed by atoms with E-state index in [-0.39, 0.29) is 11.7 Å². The Kier molecular flexibility index (Phi) is 4.70. The maximum Gasteiger partial charge on any atom is 0.354 e. The Morgan fingerprint density at radius 1 is 1.35 bits per heavy atom. The van der Waals surface area contributed by atoms with Gasteiger partial charge in [-0.15, -0.1) is 0 Å². The number of hydrogen-bond acceptors (Lipinski definition) is 3. The second kappa shape index (κ2) is 6.70. The van der Waals surface area contributed by atoms with Crippen LogP contribution >= 0.6 is 0 Å². The minimum absolute atomic E-state index is 0.0510. The topological polar surface area (TPSA) is 91.3 Å². The molecule has 1 atom stereocenters. The maximum atomic E-state index is 11.7. The van der Waals surface area contributed by atoms with Gasteiger partial charge in [-0.2, -0.15) is 0 Å². The van der Waals surface area contributed by atoms with Crippen LogP contribution in [0.3, 0.4) is 0 Å². The Balaban J connectivity index is 1.78. The summed E-state index contributed by atoms with van der Waals surface area (Å²) in [6.07, 6.45) is 8.77. The molecule has 3 N–H and O–H groups in total. The number of amides is 2. The average Bonchev–Trinajstić information content (AvgIpc) is 2.47. The van der Waals surface area contributed by atoms with Crippen molar-refractivity contribution in [2.75, 3.05) is 11.9 Å². The van der Waals surface area contributed by atoms with Crippen molar-refractivity contribution in [1.29, 1.82) is 0 Å². The number of urea groups is 1. The fourth-order valence-electron chi connectivity index (χ4n) is 2.05. The standard InChI is InChI=1S/C14H17N3O3/c18-13(19)12-7-6-11(9-15-12)17-14(20)16-8-10-4-2-1-3-5-10/h1-2,6-7,9-10H,3-5,8H2,(H,18,19)(H2,16,17,20). The van der Waals surface area contributed by atoms with E-state index in [2.05, 4.69) is 27.8 Å². The van der Waals surface area contributed by atoms with Gasteiger partial charge in [-0.05, 0) is 37.3 Å². The average molecular weight is 275 g/mol. The van der Waals surface area contributed by atoms with Crippen molar-refractivity contribution in [3.8, 4) is 0 Å². The molecule has 20 heavy (non-hydrogen) atoms. The number of anilines is 1. The number of aromatic nitrogens is 1. The molecule has 0 aromatic carbocycles. The van der Waals surface area contributed by atoms with E-state index in [0.717, 1.165) is 19.3 Å². The van der Waals surface area contributed by atoms with E-state index in [0.29, 0.717) is 18.2 Å². The lowest BCUT2D eigenvalue weighted by molar-refractivity contribution is 0.0690. The lowest BCUT2D eigenvalue weighted by Crippen LogP contribution is -2.33. The highest BCUT2D eigenvalue weighted by Crippen LogP contribution is 2.16. The Labute approximate surface area is 116 Å². The van der Waals surface area contributed by atoms with Crippen molar-refractivity contribution in [2.24, 2.45) is 5.92 Å². The van der Waals surface area contributed by atoms with E-state index in [1.165, 1.54) is 18.3 Å². The smallest absolute Gasteiger partial charge is 0.354 e. The number of pyridine rings is 1. The highest BCUT2D eigenvalue weighted by atomic mass is 16.4. The van der Waals surface area contributed by atoms with Gasteiger partial charge in [0.15, 0.2) is 0 Å².